The van der Waals surface area contributed by atoms with Crippen molar-refractivity contribution in [2.24, 2.45) is 0 Å². The summed E-state index contributed by atoms with van der Waals surface area (Å²) in [4.78, 5) is 4.75. The maximum Gasteiger partial charge on any atom is 0.123 e. The number of rotatable bonds is 4. The average Bonchev–Trinajstić information content (AvgIpc) is 2.69. The van der Waals surface area contributed by atoms with Gasteiger partial charge in [0.1, 0.15) is 5.75 Å². The van der Waals surface area contributed by atoms with Crippen LogP contribution >= 0.6 is 0 Å². The maximum absolute atomic E-state index is 10.8. The summed E-state index contributed by atoms with van der Waals surface area (Å²) in [6, 6.07) is 12.8. The van der Waals surface area contributed by atoms with Crippen LogP contribution in [0.1, 0.15) is 12.0 Å². The second-order valence-corrected chi connectivity index (χ2v) is 7.27. The van der Waals surface area contributed by atoms with Crippen LogP contribution in [0, 0.1) is 0 Å². The maximum atomic E-state index is 10.8. The van der Waals surface area contributed by atoms with Gasteiger partial charge in [-0.25, -0.2) is 0 Å². The molecule has 0 amide bonds. The van der Waals surface area contributed by atoms with Crippen LogP contribution in [-0.2, 0) is 11.3 Å². The molecular weight excluding hydrogens is 328 g/mol. The summed E-state index contributed by atoms with van der Waals surface area (Å²) < 4.78 is 11.1. The molecule has 2 fully saturated rings. The molecule has 1 N–H and O–H groups in total. The minimum absolute atomic E-state index is 0.254. The minimum Gasteiger partial charge on any atom is -0.496 e. The largest absolute Gasteiger partial charge is 0.496 e. The minimum atomic E-state index is -0.317. The number of β-amino-alcohol motifs (C(OH)–C–C–N with tert-alkyl or cyclic N) is 1. The van der Waals surface area contributed by atoms with Crippen molar-refractivity contribution in [2.75, 3.05) is 46.5 Å². The zero-order valence-electron chi connectivity index (χ0n) is 15.4. The fourth-order valence-electron chi connectivity index (χ4n) is 4.36. The van der Waals surface area contributed by atoms with E-state index >= 15 is 0 Å². The van der Waals surface area contributed by atoms with E-state index in [2.05, 4.69) is 46.2 Å². The second-order valence-electron chi connectivity index (χ2n) is 7.27. The Morgan fingerprint density at radius 2 is 1.92 bits per heavy atom. The van der Waals surface area contributed by atoms with Crippen molar-refractivity contribution in [2.45, 2.75) is 25.1 Å². The predicted octanol–water partition coefficient (Wildman–Crippen LogP) is 2.12. The van der Waals surface area contributed by atoms with Gasteiger partial charge in [-0.05, 0) is 23.3 Å². The quantitative estimate of drug-likeness (QED) is 0.909. The fraction of sp³-hybridized carbons (Fsp3) is 0.524. The number of methoxy groups -OCH3 is 1. The van der Waals surface area contributed by atoms with Crippen LogP contribution in [0.2, 0.25) is 0 Å². The first-order chi connectivity index (χ1) is 12.8. The molecule has 0 aliphatic carbocycles. The molecule has 5 nitrogen and oxygen atoms in total. The Balaban J connectivity index is 1.49. The predicted molar refractivity (Wildman–Crippen MR) is 103 cm³/mol. The molecule has 2 saturated heterocycles. The number of hydrogen-bond acceptors (Lipinski definition) is 5. The van der Waals surface area contributed by atoms with E-state index in [1.165, 1.54) is 16.3 Å². The van der Waals surface area contributed by atoms with Crippen LogP contribution in [0.25, 0.3) is 10.8 Å². The molecule has 4 rings (SSSR count). The third kappa shape index (κ3) is 3.58. The lowest BCUT2D eigenvalue weighted by Gasteiger charge is -2.43. The van der Waals surface area contributed by atoms with Crippen LogP contribution in [0.4, 0.5) is 0 Å². The molecule has 2 aromatic rings. The van der Waals surface area contributed by atoms with E-state index in [9.17, 15) is 5.11 Å². The number of benzene rings is 2. The SMILES string of the molecule is COc1ccc2ccccc2c1CN1CC[C@@H](N2CCOCC2)[C@H](O)C1. The van der Waals surface area contributed by atoms with Crippen LogP contribution in [0.15, 0.2) is 36.4 Å². The zero-order chi connectivity index (χ0) is 17.9. The number of nitrogens with zero attached hydrogens (tertiary/aromatic N) is 2. The standard InChI is InChI=1S/C21H28N2O3/c1-25-21-7-6-16-4-2-3-5-17(16)18(21)14-22-9-8-19(20(24)15-22)23-10-12-26-13-11-23/h2-7,19-20,24H,8-15H2,1H3/t19-,20-/m1/s1. The van der Waals surface area contributed by atoms with Crippen LogP contribution in [-0.4, -0.2) is 73.6 Å². The summed E-state index contributed by atoms with van der Waals surface area (Å²) in [5.41, 5.74) is 1.21. The van der Waals surface area contributed by atoms with Gasteiger partial charge in [0.25, 0.3) is 0 Å². The van der Waals surface area contributed by atoms with Crippen molar-refractivity contribution in [1.29, 1.82) is 0 Å². The summed E-state index contributed by atoms with van der Waals surface area (Å²) in [6.45, 7) is 5.91. The Labute approximate surface area is 155 Å². The Hall–Kier alpha value is -1.66. The van der Waals surface area contributed by atoms with Crippen molar-refractivity contribution in [3.63, 3.8) is 0 Å². The highest BCUT2D eigenvalue weighted by Crippen LogP contribution is 2.30. The summed E-state index contributed by atoms with van der Waals surface area (Å²) in [5.74, 6) is 0.925. The molecule has 0 bridgehead atoms. The number of aliphatic hydroxyl groups is 1. The molecule has 5 heteroatoms. The van der Waals surface area contributed by atoms with Gasteiger partial charge in [0.15, 0.2) is 0 Å². The normalized spacial score (nSPS) is 25.5. The van der Waals surface area contributed by atoms with Gasteiger partial charge in [-0.3, -0.25) is 9.80 Å². The first-order valence-electron chi connectivity index (χ1n) is 9.53. The highest BCUT2D eigenvalue weighted by atomic mass is 16.5. The number of morpholine rings is 1. The number of aliphatic hydroxyl groups excluding tert-OH is 1. The van der Waals surface area contributed by atoms with E-state index in [0.717, 1.165) is 51.6 Å². The first kappa shape index (κ1) is 17.7. The van der Waals surface area contributed by atoms with Gasteiger partial charge in [0.05, 0.1) is 26.4 Å². The molecular formula is C21H28N2O3. The Morgan fingerprint density at radius 3 is 2.69 bits per heavy atom. The van der Waals surface area contributed by atoms with Gasteiger partial charge in [-0.2, -0.15) is 0 Å². The van der Waals surface area contributed by atoms with Crippen molar-refractivity contribution in [1.82, 2.24) is 9.80 Å². The van der Waals surface area contributed by atoms with Crippen molar-refractivity contribution in [3.05, 3.63) is 42.0 Å². The Kier molecular flexibility index (Phi) is 5.41. The summed E-state index contributed by atoms with van der Waals surface area (Å²) >= 11 is 0. The molecule has 0 aromatic heterocycles. The Bertz CT molecular complexity index is 745. The fourth-order valence-corrected chi connectivity index (χ4v) is 4.36. The number of hydrogen-bond donors (Lipinski definition) is 1. The summed E-state index contributed by atoms with van der Waals surface area (Å²) in [6.07, 6.45) is 0.677. The number of fused-ring (bicyclic) bond motifs is 1. The van der Waals surface area contributed by atoms with Crippen LogP contribution in [0.5, 0.6) is 5.75 Å². The number of piperidine rings is 1. The van der Waals surface area contributed by atoms with Gasteiger partial charge in [0, 0.05) is 44.3 Å². The lowest BCUT2D eigenvalue weighted by Crippen LogP contribution is -2.56. The van der Waals surface area contributed by atoms with Crippen molar-refractivity contribution >= 4 is 10.8 Å². The highest BCUT2D eigenvalue weighted by Gasteiger charge is 2.33. The average molecular weight is 356 g/mol. The molecule has 2 aliphatic rings. The molecule has 2 atom stereocenters. The summed E-state index contributed by atoms with van der Waals surface area (Å²) in [7, 11) is 1.73. The molecule has 2 aromatic carbocycles. The first-order valence-corrected chi connectivity index (χ1v) is 9.53. The number of likely N-dealkylation sites (tertiary alicyclic amines) is 1. The van der Waals surface area contributed by atoms with E-state index in [0.29, 0.717) is 6.54 Å². The third-order valence-corrected chi connectivity index (χ3v) is 5.74. The van der Waals surface area contributed by atoms with Gasteiger partial charge >= 0.3 is 0 Å². The van der Waals surface area contributed by atoms with Gasteiger partial charge < -0.3 is 14.6 Å². The monoisotopic (exact) mass is 356 g/mol. The Morgan fingerprint density at radius 1 is 1.12 bits per heavy atom. The molecule has 2 heterocycles. The van der Waals surface area contributed by atoms with E-state index in [1.807, 2.05) is 0 Å². The molecule has 0 radical (unpaired) electrons. The van der Waals surface area contributed by atoms with Crippen LogP contribution < -0.4 is 4.74 Å². The molecule has 0 saturated carbocycles. The van der Waals surface area contributed by atoms with Gasteiger partial charge in [-0.15, -0.1) is 0 Å². The van der Waals surface area contributed by atoms with Crippen LogP contribution in [0.3, 0.4) is 0 Å². The van der Waals surface area contributed by atoms with Crippen molar-refractivity contribution in [3.8, 4) is 5.75 Å². The molecule has 0 unspecified atom stereocenters. The molecule has 2 aliphatic heterocycles. The third-order valence-electron chi connectivity index (χ3n) is 5.74. The second kappa shape index (κ2) is 7.92. The van der Waals surface area contributed by atoms with E-state index in [4.69, 9.17) is 9.47 Å². The van der Waals surface area contributed by atoms with E-state index in [1.54, 1.807) is 7.11 Å². The summed E-state index contributed by atoms with van der Waals surface area (Å²) in [5, 5.41) is 13.2. The zero-order valence-corrected chi connectivity index (χ0v) is 15.4. The molecule has 26 heavy (non-hydrogen) atoms. The van der Waals surface area contributed by atoms with Gasteiger partial charge in [-0.1, -0.05) is 30.3 Å². The lowest BCUT2D eigenvalue weighted by molar-refractivity contribution is -0.0534. The number of ether oxygens (including phenoxy) is 2. The van der Waals surface area contributed by atoms with E-state index < -0.39 is 0 Å². The van der Waals surface area contributed by atoms with Gasteiger partial charge in [0.2, 0.25) is 0 Å². The topological polar surface area (TPSA) is 45.2 Å². The molecule has 140 valence electrons. The van der Waals surface area contributed by atoms with Crippen molar-refractivity contribution < 1.29 is 14.6 Å². The lowest BCUT2D eigenvalue weighted by atomic mass is 9.97. The highest BCUT2D eigenvalue weighted by molar-refractivity contribution is 5.87. The smallest absolute Gasteiger partial charge is 0.123 e. The molecule has 0 spiro atoms. The van der Waals surface area contributed by atoms with E-state index in [-0.39, 0.29) is 12.1 Å².